The van der Waals surface area contributed by atoms with Crippen molar-refractivity contribution >= 4 is 35.0 Å². The summed E-state index contributed by atoms with van der Waals surface area (Å²) in [6.07, 6.45) is 12.0. The highest BCUT2D eigenvalue weighted by atomic mass is 16.5. The van der Waals surface area contributed by atoms with Crippen LogP contribution >= 0.6 is 0 Å². The lowest BCUT2D eigenvalue weighted by molar-refractivity contribution is -0.125. The zero-order valence-electron chi connectivity index (χ0n) is 20.1. The lowest BCUT2D eigenvalue weighted by Crippen LogP contribution is -2.27. The molecular weight excluding hydrogens is 468 g/mol. The largest absolute Gasteiger partial charge is 0.424 e. The van der Waals surface area contributed by atoms with Crippen LogP contribution in [0, 0.1) is 11.8 Å². The molecule has 0 saturated carbocycles. The van der Waals surface area contributed by atoms with Crippen molar-refractivity contribution in [1.82, 2.24) is 19.9 Å². The van der Waals surface area contributed by atoms with E-state index in [9.17, 15) is 9.59 Å². The predicted octanol–water partition coefficient (Wildman–Crippen LogP) is 4.49. The van der Waals surface area contributed by atoms with E-state index < -0.39 is 0 Å². The molecule has 4 heterocycles. The normalized spacial score (nSPS) is 20.5. The average Bonchev–Trinajstić information content (AvgIpc) is 3.43. The molecule has 0 bridgehead atoms. The highest BCUT2D eigenvalue weighted by Gasteiger charge is 2.37. The number of allylic oxidation sites excluding steroid dienone is 1. The minimum absolute atomic E-state index is 0. The number of ether oxygens (including phenoxy) is 1. The van der Waals surface area contributed by atoms with Crippen molar-refractivity contribution in [2.24, 2.45) is 11.8 Å². The van der Waals surface area contributed by atoms with E-state index in [0.29, 0.717) is 42.4 Å². The summed E-state index contributed by atoms with van der Waals surface area (Å²) in [5, 5.41) is 5.98. The highest BCUT2D eigenvalue weighted by Crippen LogP contribution is 2.41. The molecule has 6 rings (SSSR count). The van der Waals surface area contributed by atoms with Crippen molar-refractivity contribution in [2.75, 3.05) is 30.3 Å². The van der Waals surface area contributed by atoms with Crippen molar-refractivity contribution in [3.05, 3.63) is 78.3 Å². The summed E-state index contributed by atoms with van der Waals surface area (Å²) in [5.74, 6) is 1.96. The van der Waals surface area contributed by atoms with Crippen LogP contribution in [0.15, 0.2) is 67.1 Å². The molecule has 1 aliphatic carbocycles. The van der Waals surface area contributed by atoms with Gasteiger partial charge >= 0.3 is 6.01 Å². The minimum Gasteiger partial charge on any atom is -0.424 e. The van der Waals surface area contributed by atoms with E-state index in [2.05, 4.69) is 43.8 Å². The second-order valence-corrected chi connectivity index (χ2v) is 9.44. The molecule has 0 radical (unpaired) electrons. The SMILES string of the molecule is O=C1CCNc2cc(/C=C/C(=O)N3C[C@H]4CC(c5ccc(Oc6ncccn6)cc5)=C[C@H]4C3)cnc2N1.[HH].[HH]. The fraction of sp³-hybridized carbons (Fsp3) is 0.250. The first-order valence-electron chi connectivity index (χ1n) is 12.4. The van der Waals surface area contributed by atoms with Crippen molar-refractivity contribution in [1.29, 1.82) is 0 Å². The molecule has 2 amide bonds. The number of carbonyl (C=O) groups excluding carboxylic acids is 2. The smallest absolute Gasteiger partial charge is 0.321 e. The number of nitrogens with zero attached hydrogens (tertiary/aromatic N) is 4. The number of likely N-dealkylation sites (tertiary alicyclic amines) is 1. The van der Waals surface area contributed by atoms with E-state index in [1.165, 1.54) is 11.1 Å². The van der Waals surface area contributed by atoms with Gasteiger partial charge in [0.1, 0.15) is 5.75 Å². The first-order chi connectivity index (χ1) is 18.1. The van der Waals surface area contributed by atoms with Crippen molar-refractivity contribution in [3.63, 3.8) is 0 Å². The molecule has 9 heteroatoms. The maximum atomic E-state index is 12.9. The Morgan fingerprint density at radius 2 is 1.97 bits per heavy atom. The highest BCUT2D eigenvalue weighted by molar-refractivity contribution is 5.95. The first kappa shape index (κ1) is 22.9. The van der Waals surface area contributed by atoms with Gasteiger partial charge in [0.2, 0.25) is 11.8 Å². The third-order valence-corrected chi connectivity index (χ3v) is 6.93. The van der Waals surface area contributed by atoms with Crippen molar-refractivity contribution in [3.8, 4) is 11.8 Å². The Balaban J connectivity index is 0.00000176. The maximum Gasteiger partial charge on any atom is 0.321 e. The Hall–Kier alpha value is -4.53. The zero-order valence-corrected chi connectivity index (χ0v) is 20.1. The third kappa shape index (κ3) is 5.06. The lowest BCUT2D eigenvalue weighted by atomic mass is 9.98. The van der Waals surface area contributed by atoms with Crippen LogP contribution in [0.2, 0.25) is 0 Å². The molecule has 1 aromatic carbocycles. The molecule has 1 saturated heterocycles. The number of hydrogen-bond donors (Lipinski definition) is 2. The monoisotopic (exact) mass is 498 g/mol. The van der Waals surface area contributed by atoms with Gasteiger partial charge in [0.25, 0.3) is 0 Å². The summed E-state index contributed by atoms with van der Waals surface area (Å²) in [4.78, 5) is 39.0. The average molecular weight is 499 g/mol. The van der Waals surface area contributed by atoms with Gasteiger partial charge in [-0.3, -0.25) is 9.59 Å². The number of pyridine rings is 1. The van der Waals surface area contributed by atoms with Crippen LogP contribution < -0.4 is 15.4 Å². The van der Waals surface area contributed by atoms with Gasteiger partial charge in [0.15, 0.2) is 5.82 Å². The Morgan fingerprint density at radius 1 is 1.14 bits per heavy atom. The van der Waals surface area contributed by atoms with Gasteiger partial charge in [-0.15, -0.1) is 0 Å². The fourth-order valence-corrected chi connectivity index (χ4v) is 5.07. The molecule has 1 fully saturated rings. The molecule has 0 unspecified atom stereocenters. The summed E-state index contributed by atoms with van der Waals surface area (Å²) >= 11 is 0. The summed E-state index contributed by atoms with van der Waals surface area (Å²) in [6.45, 7) is 2.02. The molecular formula is C28H30N6O3. The van der Waals surface area contributed by atoms with E-state index in [1.54, 1.807) is 36.8 Å². The number of hydrogen-bond acceptors (Lipinski definition) is 7. The fourth-order valence-electron chi connectivity index (χ4n) is 5.07. The maximum absolute atomic E-state index is 12.9. The molecule has 0 spiro atoms. The van der Waals surface area contributed by atoms with E-state index in [-0.39, 0.29) is 14.7 Å². The summed E-state index contributed by atoms with van der Waals surface area (Å²) in [5.41, 5.74) is 4.06. The second-order valence-electron chi connectivity index (χ2n) is 9.44. The quantitative estimate of drug-likeness (QED) is 0.499. The number of amides is 2. The number of rotatable bonds is 5. The van der Waals surface area contributed by atoms with Gasteiger partial charge in [-0.25, -0.2) is 15.0 Å². The van der Waals surface area contributed by atoms with Gasteiger partial charge in [0, 0.05) is 53.6 Å². The Kier molecular flexibility index (Phi) is 6.10. The van der Waals surface area contributed by atoms with Crippen LogP contribution in [0.3, 0.4) is 0 Å². The zero-order chi connectivity index (χ0) is 25.2. The molecule has 2 N–H and O–H groups in total. The molecule has 3 aliphatic rings. The van der Waals surface area contributed by atoms with Crippen LogP contribution in [-0.4, -0.2) is 51.3 Å². The third-order valence-electron chi connectivity index (χ3n) is 6.93. The van der Waals surface area contributed by atoms with Crippen LogP contribution in [0.25, 0.3) is 11.6 Å². The van der Waals surface area contributed by atoms with E-state index in [1.807, 2.05) is 23.1 Å². The standard InChI is InChI=1S/C28H26N6O3.2H2/c35-25-8-11-29-24-12-18(15-32-27(24)33-25)2-7-26(36)34-16-21-13-20(14-22(21)17-34)19-3-5-23(6-4-19)37-28-30-9-1-10-31-28;;/h1-7,9-10,12-13,15,21-22,29H,8,11,14,16-17H2,(H,32,33,35);2*1H/b7-2+;;/t21-,22+;;/m0../s1. The van der Waals surface area contributed by atoms with Gasteiger partial charge in [0.05, 0.1) is 5.69 Å². The number of nitrogens with one attached hydrogen (secondary N) is 2. The molecule has 2 aromatic heterocycles. The second kappa shape index (κ2) is 9.85. The van der Waals surface area contributed by atoms with Gasteiger partial charge in [-0.05, 0) is 65.3 Å². The first-order valence-corrected chi connectivity index (χ1v) is 12.4. The van der Waals surface area contributed by atoms with Crippen molar-refractivity contribution in [2.45, 2.75) is 12.8 Å². The van der Waals surface area contributed by atoms with Crippen LogP contribution in [0.4, 0.5) is 11.5 Å². The van der Waals surface area contributed by atoms with Crippen LogP contribution in [0.1, 0.15) is 26.8 Å². The number of aromatic nitrogens is 3. The number of fused-ring (bicyclic) bond motifs is 2. The van der Waals surface area contributed by atoms with Gasteiger partial charge < -0.3 is 20.3 Å². The number of carbonyl (C=O) groups is 2. The van der Waals surface area contributed by atoms with Crippen LogP contribution in [-0.2, 0) is 9.59 Å². The molecule has 37 heavy (non-hydrogen) atoms. The molecule has 9 nitrogen and oxygen atoms in total. The number of anilines is 2. The Bertz CT molecular complexity index is 1400. The van der Waals surface area contributed by atoms with E-state index >= 15 is 0 Å². The predicted molar refractivity (Wildman–Crippen MR) is 144 cm³/mol. The summed E-state index contributed by atoms with van der Waals surface area (Å²) in [6, 6.07) is 12.0. The van der Waals surface area contributed by atoms with E-state index in [0.717, 1.165) is 30.8 Å². The molecule has 190 valence electrons. The van der Waals surface area contributed by atoms with Crippen molar-refractivity contribution < 1.29 is 17.2 Å². The number of benzene rings is 1. The van der Waals surface area contributed by atoms with Gasteiger partial charge in [-0.2, -0.15) is 0 Å². The Labute approximate surface area is 217 Å². The molecule has 2 atom stereocenters. The van der Waals surface area contributed by atoms with E-state index in [4.69, 9.17) is 4.74 Å². The summed E-state index contributed by atoms with van der Waals surface area (Å²) < 4.78 is 5.69. The Morgan fingerprint density at radius 3 is 2.78 bits per heavy atom. The molecule has 2 aliphatic heterocycles. The summed E-state index contributed by atoms with van der Waals surface area (Å²) in [7, 11) is 0. The molecule has 3 aromatic rings. The topological polar surface area (TPSA) is 109 Å². The van der Waals surface area contributed by atoms with Gasteiger partial charge in [-0.1, -0.05) is 18.2 Å². The van der Waals surface area contributed by atoms with Crippen LogP contribution in [0.5, 0.6) is 11.8 Å². The minimum atomic E-state index is -0.0572. The lowest BCUT2D eigenvalue weighted by Gasteiger charge is -2.15.